The summed E-state index contributed by atoms with van der Waals surface area (Å²) in [6, 6.07) is 0. The molecule has 1 unspecified atom stereocenters. The summed E-state index contributed by atoms with van der Waals surface area (Å²) in [6.45, 7) is 0. The van der Waals surface area contributed by atoms with E-state index in [2.05, 4.69) is 6.08 Å². The van der Waals surface area contributed by atoms with Gasteiger partial charge in [0.2, 0.25) is 0 Å². The summed E-state index contributed by atoms with van der Waals surface area (Å²) in [5.41, 5.74) is 0. The number of carbonyl (C=O) groups is 1. The van der Waals surface area contributed by atoms with Gasteiger partial charge >= 0.3 is 5.97 Å². The quantitative estimate of drug-likeness (QED) is 0.536. The van der Waals surface area contributed by atoms with Gasteiger partial charge in [0.1, 0.15) is 6.10 Å². The molecular formula is C14H22O2. The van der Waals surface area contributed by atoms with Crippen molar-refractivity contribution in [1.29, 1.82) is 0 Å². The van der Waals surface area contributed by atoms with Crippen molar-refractivity contribution in [2.45, 2.75) is 63.9 Å². The van der Waals surface area contributed by atoms with E-state index in [9.17, 15) is 4.79 Å². The Morgan fingerprint density at radius 3 is 2.69 bits per heavy atom. The Hall–Kier alpha value is -0.790. The van der Waals surface area contributed by atoms with Crippen LogP contribution in [-0.4, -0.2) is 12.1 Å². The molecule has 90 valence electrons. The van der Waals surface area contributed by atoms with Gasteiger partial charge in [-0.1, -0.05) is 31.8 Å². The minimum Gasteiger partial charge on any atom is -0.458 e. The van der Waals surface area contributed by atoms with E-state index in [0.29, 0.717) is 6.42 Å². The summed E-state index contributed by atoms with van der Waals surface area (Å²) in [5.74, 6) is 0.790. The number of allylic oxidation sites excluding steroid dienone is 1. The molecule has 0 aliphatic heterocycles. The van der Waals surface area contributed by atoms with E-state index in [4.69, 9.17) is 4.74 Å². The lowest BCUT2D eigenvalue weighted by atomic mass is 10.0. The molecule has 0 aromatic heterocycles. The van der Waals surface area contributed by atoms with Crippen LogP contribution in [0.25, 0.3) is 0 Å². The maximum Gasteiger partial charge on any atom is 0.306 e. The molecule has 0 amide bonds. The molecule has 0 bridgehead atoms. The molecule has 0 N–H and O–H groups in total. The number of hydrogen-bond donors (Lipinski definition) is 0. The number of carbonyl (C=O) groups excluding carboxylic acids is 1. The highest BCUT2D eigenvalue weighted by Crippen LogP contribution is 2.28. The summed E-state index contributed by atoms with van der Waals surface area (Å²) in [6.07, 6.45) is 14.5. The van der Waals surface area contributed by atoms with E-state index in [1.54, 1.807) is 0 Å². The smallest absolute Gasteiger partial charge is 0.306 e. The van der Waals surface area contributed by atoms with Crippen molar-refractivity contribution in [2.24, 2.45) is 5.92 Å². The van der Waals surface area contributed by atoms with Crippen LogP contribution < -0.4 is 0 Å². The maximum atomic E-state index is 11.6. The van der Waals surface area contributed by atoms with Crippen LogP contribution in [0, 0.1) is 5.92 Å². The van der Waals surface area contributed by atoms with Crippen molar-refractivity contribution >= 4 is 5.97 Å². The van der Waals surface area contributed by atoms with E-state index in [0.717, 1.165) is 31.6 Å². The molecule has 16 heavy (non-hydrogen) atoms. The fraction of sp³-hybridized carbons (Fsp3) is 0.786. The van der Waals surface area contributed by atoms with E-state index in [1.165, 1.54) is 25.7 Å². The third kappa shape index (κ3) is 3.66. The molecule has 2 aliphatic carbocycles. The van der Waals surface area contributed by atoms with Crippen LogP contribution in [0.1, 0.15) is 57.8 Å². The lowest BCUT2D eigenvalue weighted by Gasteiger charge is -2.17. The van der Waals surface area contributed by atoms with Gasteiger partial charge in [0.05, 0.1) is 0 Å². The first kappa shape index (κ1) is 11.7. The summed E-state index contributed by atoms with van der Waals surface area (Å²) < 4.78 is 5.43. The molecule has 2 heteroatoms. The van der Waals surface area contributed by atoms with Crippen molar-refractivity contribution in [2.75, 3.05) is 0 Å². The van der Waals surface area contributed by atoms with Crippen LogP contribution in [0.5, 0.6) is 0 Å². The Morgan fingerprint density at radius 1 is 1.19 bits per heavy atom. The van der Waals surface area contributed by atoms with Crippen LogP contribution >= 0.6 is 0 Å². The molecule has 2 rings (SSSR count). The molecule has 1 saturated carbocycles. The lowest BCUT2D eigenvalue weighted by Crippen LogP contribution is -2.18. The first-order valence-electron chi connectivity index (χ1n) is 6.71. The van der Waals surface area contributed by atoms with Crippen LogP contribution in [0.3, 0.4) is 0 Å². The zero-order valence-electron chi connectivity index (χ0n) is 9.99. The molecule has 0 spiro atoms. The molecule has 0 heterocycles. The van der Waals surface area contributed by atoms with Gasteiger partial charge in [0.25, 0.3) is 0 Å². The number of hydrogen-bond acceptors (Lipinski definition) is 2. The van der Waals surface area contributed by atoms with E-state index >= 15 is 0 Å². The van der Waals surface area contributed by atoms with E-state index in [1.807, 2.05) is 6.08 Å². The summed E-state index contributed by atoms with van der Waals surface area (Å²) in [4.78, 5) is 11.6. The molecule has 0 aromatic rings. The second kappa shape index (κ2) is 6.07. The van der Waals surface area contributed by atoms with Gasteiger partial charge in [0, 0.05) is 6.42 Å². The summed E-state index contributed by atoms with van der Waals surface area (Å²) in [5, 5.41) is 0. The SMILES string of the molecule is O=C(CCC1CCCC1)OC1C=CCCC1. The molecule has 0 radical (unpaired) electrons. The van der Waals surface area contributed by atoms with Gasteiger partial charge in [-0.25, -0.2) is 0 Å². The molecule has 2 aliphatic rings. The average Bonchev–Trinajstić information content (AvgIpc) is 2.81. The number of rotatable bonds is 4. The van der Waals surface area contributed by atoms with Crippen molar-refractivity contribution in [3.8, 4) is 0 Å². The van der Waals surface area contributed by atoms with Gasteiger partial charge in [-0.15, -0.1) is 0 Å². The van der Waals surface area contributed by atoms with Gasteiger partial charge in [-0.3, -0.25) is 4.79 Å². The highest BCUT2D eigenvalue weighted by molar-refractivity contribution is 5.69. The topological polar surface area (TPSA) is 26.3 Å². The van der Waals surface area contributed by atoms with E-state index < -0.39 is 0 Å². The van der Waals surface area contributed by atoms with Crippen molar-refractivity contribution in [3.63, 3.8) is 0 Å². The molecule has 2 nitrogen and oxygen atoms in total. The zero-order valence-corrected chi connectivity index (χ0v) is 9.99. The second-order valence-corrected chi connectivity index (χ2v) is 5.08. The second-order valence-electron chi connectivity index (χ2n) is 5.08. The Kier molecular flexibility index (Phi) is 4.44. The Balaban J connectivity index is 1.63. The first-order chi connectivity index (χ1) is 7.84. The fourth-order valence-corrected chi connectivity index (χ4v) is 2.73. The summed E-state index contributed by atoms with van der Waals surface area (Å²) in [7, 11) is 0. The molecular weight excluding hydrogens is 200 g/mol. The standard InChI is InChI=1S/C14H22O2/c15-14(11-10-12-6-4-5-7-12)16-13-8-2-1-3-9-13/h2,8,12-13H,1,3-7,9-11H2. The van der Waals surface area contributed by atoms with Crippen molar-refractivity contribution in [3.05, 3.63) is 12.2 Å². The predicted octanol–water partition coefficient (Wildman–Crippen LogP) is 3.61. The third-order valence-corrected chi connectivity index (χ3v) is 3.72. The van der Waals surface area contributed by atoms with Crippen LogP contribution in [0.4, 0.5) is 0 Å². The van der Waals surface area contributed by atoms with Crippen LogP contribution in [0.15, 0.2) is 12.2 Å². The van der Waals surface area contributed by atoms with Crippen molar-refractivity contribution < 1.29 is 9.53 Å². The number of esters is 1. The fourth-order valence-electron chi connectivity index (χ4n) is 2.73. The maximum absolute atomic E-state index is 11.6. The molecule has 0 saturated heterocycles. The monoisotopic (exact) mass is 222 g/mol. The van der Waals surface area contributed by atoms with Gasteiger partial charge in [-0.05, 0) is 37.7 Å². The molecule has 1 atom stereocenters. The van der Waals surface area contributed by atoms with Crippen LogP contribution in [-0.2, 0) is 9.53 Å². The van der Waals surface area contributed by atoms with Gasteiger partial charge in [-0.2, -0.15) is 0 Å². The van der Waals surface area contributed by atoms with Crippen LogP contribution in [0.2, 0.25) is 0 Å². The normalized spacial score (nSPS) is 25.9. The average molecular weight is 222 g/mol. The van der Waals surface area contributed by atoms with E-state index in [-0.39, 0.29) is 12.1 Å². The van der Waals surface area contributed by atoms with Crippen molar-refractivity contribution in [1.82, 2.24) is 0 Å². The lowest BCUT2D eigenvalue weighted by molar-refractivity contribution is -0.147. The molecule has 0 aromatic carbocycles. The first-order valence-corrected chi connectivity index (χ1v) is 6.71. The Morgan fingerprint density at radius 2 is 2.00 bits per heavy atom. The predicted molar refractivity (Wildman–Crippen MR) is 64.1 cm³/mol. The minimum atomic E-state index is 0.00319. The Labute approximate surface area is 98.1 Å². The highest BCUT2D eigenvalue weighted by Gasteiger charge is 2.18. The van der Waals surface area contributed by atoms with Gasteiger partial charge < -0.3 is 4.74 Å². The number of ether oxygens (including phenoxy) is 1. The summed E-state index contributed by atoms with van der Waals surface area (Å²) >= 11 is 0. The third-order valence-electron chi connectivity index (χ3n) is 3.72. The molecule has 1 fully saturated rings. The largest absolute Gasteiger partial charge is 0.458 e. The Bertz CT molecular complexity index is 251. The minimum absolute atomic E-state index is 0.00319. The van der Waals surface area contributed by atoms with Gasteiger partial charge in [0.15, 0.2) is 0 Å². The highest BCUT2D eigenvalue weighted by atomic mass is 16.5. The zero-order chi connectivity index (χ0) is 11.2.